The lowest BCUT2D eigenvalue weighted by molar-refractivity contribution is 0.208. The molecule has 0 aliphatic rings. The number of hydrogen-bond donors (Lipinski definition) is 1. The molecule has 1 nitrogen and oxygen atoms in total. The summed E-state index contributed by atoms with van der Waals surface area (Å²) >= 11 is 0. The lowest BCUT2D eigenvalue weighted by Gasteiger charge is -2.11. The Kier molecular flexibility index (Phi) is 9.56. The topological polar surface area (TPSA) is 20.2 Å². The van der Waals surface area contributed by atoms with Crippen molar-refractivity contribution in [2.75, 3.05) is 6.61 Å². The second-order valence-electron chi connectivity index (χ2n) is 3.69. The first kappa shape index (κ1) is 12.7. The van der Waals surface area contributed by atoms with Crippen LogP contribution in [0, 0.1) is 5.92 Å². The van der Waals surface area contributed by atoms with Crippen molar-refractivity contribution in [2.45, 2.75) is 52.4 Å². The zero-order valence-corrected chi connectivity index (χ0v) is 9.13. The van der Waals surface area contributed by atoms with Gasteiger partial charge in [0, 0.05) is 6.61 Å². The van der Waals surface area contributed by atoms with Gasteiger partial charge in [-0.15, -0.1) is 0 Å². The Morgan fingerprint density at radius 3 is 2.54 bits per heavy atom. The molecule has 0 radical (unpaired) electrons. The highest BCUT2D eigenvalue weighted by molar-refractivity contribution is 4.77. The first-order chi connectivity index (χ1) is 6.35. The molecule has 0 saturated heterocycles. The minimum atomic E-state index is 0.362. The third kappa shape index (κ3) is 8.04. The molecular formula is C12H24O. The molecule has 0 rings (SSSR count). The Morgan fingerprint density at radius 2 is 2.00 bits per heavy atom. The highest BCUT2D eigenvalue weighted by Crippen LogP contribution is 2.15. The van der Waals surface area contributed by atoms with Crippen LogP contribution in [0.15, 0.2) is 12.2 Å². The van der Waals surface area contributed by atoms with Gasteiger partial charge >= 0.3 is 0 Å². The van der Waals surface area contributed by atoms with Crippen LogP contribution in [0.1, 0.15) is 52.4 Å². The summed E-state index contributed by atoms with van der Waals surface area (Å²) in [7, 11) is 0. The molecule has 0 amide bonds. The van der Waals surface area contributed by atoms with Crippen LogP contribution in [-0.4, -0.2) is 11.7 Å². The second-order valence-corrected chi connectivity index (χ2v) is 3.69. The van der Waals surface area contributed by atoms with Crippen molar-refractivity contribution < 1.29 is 5.11 Å². The standard InChI is InChI=1S/C12H24O/c1-3-5-7-9-12(11-13)10-8-6-4-2/h3,5,12-13H,4,6-11H2,1-2H3. The van der Waals surface area contributed by atoms with Crippen molar-refractivity contribution in [3.8, 4) is 0 Å². The molecule has 0 aromatic heterocycles. The van der Waals surface area contributed by atoms with E-state index >= 15 is 0 Å². The highest BCUT2D eigenvalue weighted by atomic mass is 16.3. The first-order valence-electron chi connectivity index (χ1n) is 5.57. The van der Waals surface area contributed by atoms with Crippen molar-refractivity contribution in [3.05, 3.63) is 12.2 Å². The van der Waals surface area contributed by atoms with Gasteiger partial charge in [0.05, 0.1) is 0 Å². The number of aliphatic hydroxyl groups is 1. The number of hydrogen-bond acceptors (Lipinski definition) is 1. The van der Waals surface area contributed by atoms with Gasteiger partial charge in [0.2, 0.25) is 0 Å². The fourth-order valence-electron chi connectivity index (χ4n) is 1.51. The first-order valence-corrected chi connectivity index (χ1v) is 5.57. The molecule has 13 heavy (non-hydrogen) atoms. The molecular weight excluding hydrogens is 160 g/mol. The predicted molar refractivity (Wildman–Crippen MR) is 58.8 cm³/mol. The third-order valence-corrected chi connectivity index (χ3v) is 2.45. The van der Waals surface area contributed by atoms with Gasteiger partial charge in [-0.25, -0.2) is 0 Å². The van der Waals surface area contributed by atoms with Crippen molar-refractivity contribution in [2.24, 2.45) is 5.92 Å². The van der Waals surface area contributed by atoms with Crippen molar-refractivity contribution in [1.82, 2.24) is 0 Å². The summed E-state index contributed by atoms with van der Waals surface area (Å²) in [6.07, 6.45) is 11.6. The van der Waals surface area contributed by atoms with E-state index in [0.29, 0.717) is 12.5 Å². The van der Waals surface area contributed by atoms with E-state index in [4.69, 9.17) is 5.11 Å². The summed E-state index contributed by atoms with van der Waals surface area (Å²) in [6, 6.07) is 0. The van der Waals surface area contributed by atoms with Gasteiger partial charge in [-0.05, 0) is 32.1 Å². The Bertz CT molecular complexity index is 118. The number of aliphatic hydroxyl groups excluding tert-OH is 1. The lowest BCUT2D eigenvalue weighted by atomic mass is 9.97. The SMILES string of the molecule is CC=CCCC(CO)CCCCC. The fourth-order valence-corrected chi connectivity index (χ4v) is 1.51. The van der Waals surface area contributed by atoms with Gasteiger partial charge in [0.1, 0.15) is 0 Å². The van der Waals surface area contributed by atoms with Gasteiger partial charge in [0.25, 0.3) is 0 Å². The van der Waals surface area contributed by atoms with Crippen molar-refractivity contribution >= 4 is 0 Å². The summed E-state index contributed by atoms with van der Waals surface area (Å²) in [5, 5.41) is 9.10. The van der Waals surface area contributed by atoms with E-state index in [-0.39, 0.29) is 0 Å². The third-order valence-electron chi connectivity index (χ3n) is 2.45. The van der Waals surface area contributed by atoms with E-state index in [2.05, 4.69) is 19.1 Å². The minimum absolute atomic E-state index is 0.362. The molecule has 0 fully saturated rings. The van der Waals surface area contributed by atoms with E-state index in [1.807, 2.05) is 6.92 Å². The highest BCUT2D eigenvalue weighted by Gasteiger charge is 2.04. The van der Waals surface area contributed by atoms with E-state index in [9.17, 15) is 0 Å². The second kappa shape index (κ2) is 9.79. The maximum Gasteiger partial charge on any atom is 0.0459 e. The largest absolute Gasteiger partial charge is 0.396 e. The molecule has 0 heterocycles. The van der Waals surface area contributed by atoms with Crippen LogP contribution < -0.4 is 0 Å². The van der Waals surface area contributed by atoms with Gasteiger partial charge in [-0.2, -0.15) is 0 Å². The van der Waals surface area contributed by atoms with E-state index in [0.717, 1.165) is 12.8 Å². The van der Waals surface area contributed by atoms with Crippen LogP contribution >= 0.6 is 0 Å². The van der Waals surface area contributed by atoms with Crippen LogP contribution in [0.5, 0.6) is 0 Å². The zero-order chi connectivity index (χ0) is 9.94. The van der Waals surface area contributed by atoms with Crippen molar-refractivity contribution in [3.63, 3.8) is 0 Å². The van der Waals surface area contributed by atoms with Crippen molar-refractivity contribution in [1.29, 1.82) is 0 Å². The summed E-state index contributed by atoms with van der Waals surface area (Å²) < 4.78 is 0. The van der Waals surface area contributed by atoms with Gasteiger partial charge < -0.3 is 5.11 Å². The van der Waals surface area contributed by atoms with Crippen LogP contribution in [0.2, 0.25) is 0 Å². The molecule has 0 aromatic rings. The Hall–Kier alpha value is -0.300. The lowest BCUT2D eigenvalue weighted by Crippen LogP contribution is -2.05. The number of unbranched alkanes of at least 4 members (excludes halogenated alkanes) is 2. The molecule has 0 aliphatic heterocycles. The normalized spacial score (nSPS) is 13.8. The maximum atomic E-state index is 9.10. The molecule has 1 atom stereocenters. The summed E-state index contributed by atoms with van der Waals surface area (Å²) in [5.41, 5.74) is 0. The number of allylic oxidation sites excluding steroid dienone is 2. The smallest absolute Gasteiger partial charge is 0.0459 e. The molecule has 0 spiro atoms. The van der Waals surface area contributed by atoms with Crippen LogP contribution in [0.4, 0.5) is 0 Å². The Morgan fingerprint density at radius 1 is 1.23 bits per heavy atom. The monoisotopic (exact) mass is 184 g/mol. The summed E-state index contributed by atoms with van der Waals surface area (Å²) in [4.78, 5) is 0. The Labute approximate surface area is 82.9 Å². The Balaban J connectivity index is 3.39. The van der Waals surface area contributed by atoms with E-state index in [1.54, 1.807) is 0 Å². The van der Waals surface area contributed by atoms with Gasteiger partial charge in [-0.1, -0.05) is 38.3 Å². The average molecular weight is 184 g/mol. The molecule has 0 saturated carbocycles. The molecule has 78 valence electrons. The quantitative estimate of drug-likeness (QED) is 0.452. The molecule has 0 aromatic carbocycles. The van der Waals surface area contributed by atoms with Gasteiger partial charge in [-0.3, -0.25) is 0 Å². The summed E-state index contributed by atoms with van der Waals surface area (Å²) in [6.45, 7) is 4.63. The summed E-state index contributed by atoms with van der Waals surface area (Å²) in [5.74, 6) is 0.530. The van der Waals surface area contributed by atoms with Crippen LogP contribution in [0.3, 0.4) is 0 Å². The van der Waals surface area contributed by atoms with E-state index in [1.165, 1.54) is 25.7 Å². The van der Waals surface area contributed by atoms with E-state index < -0.39 is 0 Å². The molecule has 0 bridgehead atoms. The van der Waals surface area contributed by atoms with Gasteiger partial charge in [0.15, 0.2) is 0 Å². The fraction of sp³-hybridized carbons (Fsp3) is 0.833. The minimum Gasteiger partial charge on any atom is -0.396 e. The molecule has 1 heteroatoms. The van der Waals surface area contributed by atoms with Crippen LogP contribution in [-0.2, 0) is 0 Å². The molecule has 0 aliphatic carbocycles. The zero-order valence-electron chi connectivity index (χ0n) is 9.13. The molecule has 1 unspecified atom stereocenters. The average Bonchev–Trinajstić information content (AvgIpc) is 2.16. The predicted octanol–water partition coefficient (Wildman–Crippen LogP) is 3.53. The van der Waals surface area contributed by atoms with Crippen LogP contribution in [0.25, 0.3) is 0 Å². The molecule has 1 N–H and O–H groups in total. The number of rotatable bonds is 8. The maximum absolute atomic E-state index is 9.10.